The van der Waals surface area contributed by atoms with Crippen LogP contribution in [-0.4, -0.2) is 43.0 Å². The molecule has 1 heterocycles. The molecule has 35 heavy (non-hydrogen) atoms. The first-order chi connectivity index (χ1) is 17.1. The summed E-state index contributed by atoms with van der Waals surface area (Å²) in [6, 6.07) is 22.3. The van der Waals surface area contributed by atoms with Gasteiger partial charge in [-0.2, -0.15) is 0 Å². The molecule has 0 unspecified atom stereocenters. The smallest absolute Gasteiger partial charge is 0.257 e. The summed E-state index contributed by atoms with van der Waals surface area (Å²) < 4.78 is 5.89. The monoisotopic (exact) mass is 471 g/mol. The van der Waals surface area contributed by atoms with Gasteiger partial charge in [-0.3, -0.25) is 14.5 Å². The minimum absolute atomic E-state index is 0.105. The Morgan fingerprint density at radius 1 is 0.886 bits per heavy atom. The zero-order valence-electron chi connectivity index (χ0n) is 20.5. The highest BCUT2D eigenvalue weighted by Gasteiger charge is 2.28. The van der Waals surface area contributed by atoms with E-state index in [1.165, 1.54) is 0 Å². The van der Waals surface area contributed by atoms with Crippen LogP contribution in [0.15, 0.2) is 72.8 Å². The number of nitrogens with zero attached hydrogens (tertiary/aromatic N) is 2. The van der Waals surface area contributed by atoms with Crippen molar-refractivity contribution in [2.45, 2.75) is 33.1 Å². The van der Waals surface area contributed by atoms with Gasteiger partial charge in [0.25, 0.3) is 5.91 Å². The highest BCUT2D eigenvalue weighted by atomic mass is 16.5. The van der Waals surface area contributed by atoms with E-state index in [0.717, 1.165) is 43.8 Å². The van der Waals surface area contributed by atoms with Crippen molar-refractivity contribution in [3.05, 3.63) is 83.9 Å². The molecule has 6 heteroatoms. The standard InChI is InChI=1S/C29H33N3O3/c1-3-31(4-2)19-9-10-20-35-23-17-15-22(16-18-23)21-28(33)32-26-13-7-5-11-24(26)29(34)30-25-12-6-8-14-27(25)32/h5-8,11-18H,3-4,9-10,19-21H2,1-2H3,(H,30,34). The van der Waals surface area contributed by atoms with Crippen LogP contribution in [0.4, 0.5) is 17.1 Å². The fourth-order valence-electron chi connectivity index (χ4n) is 4.35. The van der Waals surface area contributed by atoms with E-state index in [1.54, 1.807) is 17.0 Å². The van der Waals surface area contributed by atoms with Crippen molar-refractivity contribution in [1.82, 2.24) is 4.90 Å². The summed E-state index contributed by atoms with van der Waals surface area (Å²) in [7, 11) is 0. The molecule has 0 bridgehead atoms. The predicted molar refractivity (Wildman–Crippen MR) is 141 cm³/mol. The number of para-hydroxylation sites is 3. The van der Waals surface area contributed by atoms with Crippen molar-refractivity contribution in [3.63, 3.8) is 0 Å². The van der Waals surface area contributed by atoms with Gasteiger partial charge in [-0.25, -0.2) is 0 Å². The molecule has 0 aliphatic carbocycles. The van der Waals surface area contributed by atoms with Crippen molar-refractivity contribution in [1.29, 1.82) is 0 Å². The lowest BCUT2D eigenvalue weighted by Gasteiger charge is -2.24. The summed E-state index contributed by atoms with van der Waals surface area (Å²) in [5, 5.41) is 2.92. The first-order valence-electron chi connectivity index (χ1n) is 12.4. The number of fused-ring (bicyclic) bond motifs is 2. The Labute approximate surface area is 207 Å². The van der Waals surface area contributed by atoms with Crippen molar-refractivity contribution in [3.8, 4) is 5.75 Å². The van der Waals surface area contributed by atoms with E-state index in [9.17, 15) is 9.59 Å². The minimum Gasteiger partial charge on any atom is -0.494 e. The number of ether oxygens (including phenoxy) is 1. The quantitative estimate of drug-likeness (QED) is 0.388. The van der Waals surface area contributed by atoms with Crippen LogP contribution in [0.25, 0.3) is 0 Å². The number of anilines is 3. The summed E-state index contributed by atoms with van der Waals surface area (Å²) in [6.07, 6.45) is 2.34. The number of hydrogen-bond donors (Lipinski definition) is 1. The molecule has 182 valence electrons. The van der Waals surface area contributed by atoms with Crippen LogP contribution in [0.1, 0.15) is 42.6 Å². The molecule has 6 nitrogen and oxygen atoms in total. The molecular formula is C29H33N3O3. The van der Waals surface area contributed by atoms with E-state index in [-0.39, 0.29) is 18.2 Å². The lowest BCUT2D eigenvalue weighted by molar-refractivity contribution is -0.117. The third kappa shape index (κ3) is 5.89. The molecule has 0 radical (unpaired) electrons. The second-order valence-electron chi connectivity index (χ2n) is 8.62. The first kappa shape index (κ1) is 24.5. The third-order valence-corrected chi connectivity index (χ3v) is 6.34. The normalized spacial score (nSPS) is 12.5. The molecule has 1 aliphatic heterocycles. The molecule has 4 rings (SSSR count). The van der Waals surface area contributed by atoms with Gasteiger partial charge in [0.1, 0.15) is 5.75 Å². The van der Waals surface area contributed by atoms with Crippen LogP contribution in [0.5, 0.6) is 5.75 Å². The van der Waals surface area contributed by atoms with Gasteiger partial charge in [-0.15, -0.1) is 0 Å². The Bertz CT molecular complexity index is 1160. The average Bonchev–Trinajstić information content (AvgIpc) is 3.01. The lowest BCUT2D eigenvalue weighted by Crippen LogP contribution is -2.28. The highest BCUT2D eigenvalue weighted by Crippen LogP contribution is 2.38. The summed E-state index contributed by atoms with van der Waals surface area (Å²) in [6.45, 7) is 8.32. The Hall–Kier alpha value is -3.64. The number of carbonyl (C=O) groups excluding carboxylic acids is 2. The first-order valence-corrected chi connectivity index (χ1v) is 12.4. The second kappa shape index (κ2) is 11.7. The highest BCUT2D eigenvalue weighted by molar-refractivity contribution is 6.17. The molecule has 0 aromatic heterocycles. The topological polar surface area (TPSA) is 61.9 Å². The fourth-order valence-corrected chi connectivity index (χ4v) is 4.35. The number of hydrogen-bond acceptors (Lipinski definition) is 4. The largest absolute Gasteiger partial charge is 0.494 e. The van der Waals surface area contributed by atoms with E-state index in [1.807, 2.05) is 60.7 Å². The van der Waals surface area contributed by atoms with Gasteiger partial charge in [0.15, 0.2) is 0 Å². The fraction of sp³-hybridized carbons (Fsp3) is 0.310. The Kier molecular flexibility index (Phi) is 8.16. The molecule has 1 aliphatic rings. The van der Waals surface area contributed by atoms with E-state index in [2.05, 4.69) is 24.1 Å². The van der Waals surface area contributed by atoms with Crippen LogP contribution in [-0.2, 0) is 11.2 Å². The molecule has 0 atom stereocenters. The Morgan fingerprint density at radius 2 is 1.57 bits per heavy atom. The van der Waals surface area contributed by atoms with Gasteiger partial charge in [-0.1, -0.05) is 50.2 Å². The molecule has 2 amide bonds. The molecule has 3 aromatic rings. The number of unbranched alkanes of at least 4 members (excludes halogenated alkanes) is 1. The van der Waals surface area contributed by atoms with Crippen molar-refractivity contribution in [2.24, 2.45) is 0 Å². The molecule has 1 N–H and O–H groups in total. The van der Waals surface area contributed by atoms with Gasteiger partial charge < -0.3 is 15.0 Å². The van der Waals surface area contributed by atoms with Gasteiger partial charge in [0.2, 0.25) is 5.91 Å². The maximum atomic E-state index is 13.5. The lowest BCUT2D eigenvalue weighted by atomic mass is 10.1. The Balaban J connectivity index is 1.42. The third-order valence-electron chi connectivity index (χ3n) is 6.34. The van der Waals surface area contributed by atoms with Gasteiger partial charge >= 0.3 is 0 Å². The number of carbonyl (C=O) groups is 2. The van der Waals surface area contributed by atoms with E-state index in [0.29, 0.717) is 29.2 Å². The SMILES string of the molecule is CCN(CC)CCCCOc1ccc(CC(=O)N2c3ccccc3NC(=O)c3ccccc32)cc1. The Morgan fingerprint density at radius 3 is 2.31 bits per heavy atom. The second-order valence-corrected chi connectivity index (χ2v) is 8.62. The van der Waals surface area contributed by atoms with Crippen molar-refractivity contribution in [2.75, 3.05) is 36.5 Å². The zero-order chi connectivity index (χ0) is 24.6. The van der Waals surface area contributed by atoms with Crippen LogP contribution >= 0.6 is 0 Å². The average molecular weight is 472 g/mol. The molecule has 0 saturated carbocycles. The number of nitrogens with one attached hydrogen (secondary N) is 1. The van der Waals surface area contributed by atoms with Crippen molar-refractivity contribution >= 4 is 28.9 Å². The molecule has 0 saturated heterocycles. The number of rotatable bonds is 10. The number of benzene rings is 3. The summed E-state index contributed by atoms with van der Waals surface area (Å²) in [5.41, 5.74) is 3.24. The summed E-state index contributed by atoms with van der Waals surface area (Å²) in [4.78, 5) is 30.4. The minimum atomic E-state index is -0.220. The van der Waals surface area contributed by atoms with Crippen LogP contribution < -0.4 is 15.0 Å². The van der Waals surface area contributed by atoms with Crippen LogP contribution in [0.2, 0.25) is 0 Å². The molecule has 0 spiro atoms. The number of amides is 2. The maximum absolute atomic E-state index is 13.5. The molecule has 3 aromatic carbocycles. The molecular weight excluding hydrogens is 438 g/mol. The van der Waals surface area contributed by atoms with E-state index < -0.39 is 0 Å². The van der Waals surface area contributed by atoms with Gasteiger partial charge in [-0.05, 0) is 74.4 Å². The van der Waals surface area contributed by atoms with Crippen LogP contribution in [0, 0.1) is 0 Å². The zero-order valence-corrected chi connectivity index (χ0v) is 20.5. The van der Waals surface area contributed by atoms with E-state index in [4.69, 9.17) is 4.74 Å². The van der Waals surface area contributed by atoms with Crippen LogP contribution in [0.3, 0.4) is 0 Å². The van der Waals surface area contributed by atoms with Crippen molar-refractivity contribution < 1.29 is 14.3 Å². The maximum Gasteiger partial charge on any atom is 0.257 e. The van der Waals surface area contributed by atoms with Gasteiger partial charge in [0.05, 0.1) is 35.7 Å². The molecule has 0 fully saturated rings. The summed E-state index contributed by atoms with van der Waals surface area (Å²) in [5.74, 6) is 0.484. The summed E-state index contributed by atoms with van der Waals surface area (Å²) >= 11 is 0. The van der Waals surface area contributed by atoms with Gasteiger partial charge in [0, 0.05) is 0 Å². The predicted octanol–water partition coefficient (Wildman–Crippen LogP) is 5.66. The van der Waals surface area contributed by atoms with E-state index >= 15 is 0 Å².